The molecule has 1 aromatic heterocycles. The van der Waals surface area contributed by atoms with Crippen LogP contribution in [0.3, 0.4) is 0 Å². The first-order valence-electron chi connectivity index (χ1n) is 5.75. The van der Waals surface area contributed by atoms with Crippen LogP contribution in [0.15, 0.2) is 42.6 Å². The van der Waals surface area contributed by atoms with E-state index in [2.05, 4.69) is 10.3 Å². The van der Waals surface area contributed by atoms with Crippen LogP contribution < -0.4 is 5.32 Å². The van der Waals surface area contributed by atoms with Gasteiger partial charge in [0.2, 0.25) is 0 Å². The molecule has 2 N–H and O–H groups in total. The molecule has 0 fully saturated rings. The van der Waals surface area contributed by atoms with Crippen molar-refractivity contribution >= 4 is 0 Å². The normalized spacial score (nSPS) is 12.3. The number of phenolic OH excluding ortho intramolecular Hbond substituents is 1. The van der Waals surface area contributed by atoms with E-state index in [9.17, 15) is 9.50 Å². The number of phenols is 1. The average Bonchev–Trinajstić information content (AvgIpc) is 2.37. The third kappa shape index (κ3) is 3.05. The summed E-state index contributed by atoms with van der Waals surface area (Å²) >= 11 is 0. The predicted molar refractivity (Wildman–Crippen MR) is 67.8 cm³/mol. The molecule has 0 bridgehead atoms. The largest absolute Gasteiger partial charge is 0.508 e. The number of hydrogen-bond acceptors (Lipinski definition) is 3. The Morgan fingerprint density at radius 2 is 2.17 bits per heavy atom. The zero-order valence-corrected chi connectivity index (χ0v) is 10.1. The Hall–Kier alpha value is -1.94. The Balaban J connectivity index is 2.17. The third-order valence-electron chi connectivity index (χ3n) is 2.81. The molecule has 0 aliphatic heterocycles. The van der Waals surface area contributed by atoms with E-state index in [0.717, 1.165) is 11.3 Å². The number of benzene rings is 1. The van der Waals surface area contributed by atoms with Gasteiger partial charge < -0.3 is 10.4 Å². The van der Waals surface area contributed by atoms with Gasteiger partial charge in [0.25, 0.3) is 0 Å². The standard InChI is InChI=1S/C14H15FN2O/c1-16-14(13-6-5-11(15)9-17-13)8-10-3-2-4-12(18)7-10/h2-7,9,14,16,18H,8H2,1H3. The van der Waals surface area contributed by atoms with E-state index in [1.54, 1.807) is 24.3 Å². The van der Waals surface area contributed by atoms with Crippen molar-refractivity contribution in [2.45, 2.75) is 12.5 Å². The molecule has 1 atom stereocenters. The smallest absolute Gasteiger partial charge is 0.141 e. The topological polar surface area (TPSA) is 45.1 Å². The summed E-state index contributed by atoms with van der Waals surface area (Å²) in [5, 5.41) is 12.6. The monoisotopic (exact) mass is 246 g/mol. The van der Waals surface area contributed by atoms with E-state index in [-0.39, 0.29) is 17.6 Å². The quantitative estimate of drug-likeness (QED) is 0.871. The second kappa shape index (κ2) is 5.60. The average molecular weight is 246 g/mol. The van der Waals surface area contributed by atoms with Crippen molar-refractivity contribution in [2.75, 3.05) is 7.05 Å². The zero-order chi connectivity index (χ0) is 13.0. The van der Waals surface area contributed by atoms with Gasteiger partial charge in [-0.2, -0.15) is 0 Å². The maximum absolute atomic E-state index is 12.8. The molecule has 94 valence electrons. The molecule has 1 aromatic carbocycles. The molecule has 3 nitrogen and oxygen atoms in total. The minimum absolute atomic E-state index is 0.00704. The van der Waals surface area contributed by atoms with E-state index >= 15 is 0 Å². The molecule has 0 saturated heterocycles. The molecule has 0 radical (unpaired) electrons. The van der Waals surface area contributed by atoms with Crippen molar-refractivity contribution in [2.24, 2.45) is 0 Å². The fourth-order valence-corrected chi connectivity index (χ4v) is 1.87. The second-order valence-electron chi connectivity index (χ2n) is 4.12. The molecule has 0 aliphatic rings. The lowest BCUT2D eigenvalue weighted by Crippen LogP contribution is -2.20. The van der Waals surface area contributed by atoms with Gasteiger partial charge >= 0.3 is 0 Å². The van der Waals surface area contributed by atoms with Gasteiger partial charge in [0.1, 0.15) is 11.6 Å². The van der Waals surface area contributed by atoms with Crippen molar-refractivity contribution in [3.63, 3.8) is 0 Å². The van der Waals surface area contributed by atoms with Crippen molar-refractivity contribution in [3.05, 3.63) is 59.7 Å². The number of rotatable bonds is 4. The number of hydrogen-bond donors (Lipinski definition) is 2. The highest BCUT2D eigenvalue weighted by Gasteiger charge is 2.11. The van der Waals surface area contributed by atoms with Crippen molar-refractivity contribution in [3.8, 4) is 5.75 Å². The minimum Gasteiger partial charge on any atom is -0.508 e. The van der Waals surface area contributed by atoms with Crippen LogP contribution in [0.1, 0.15) is 17.3 Å². The summed E-state index contributed by atoms with van der Waals surface area (Å²) in [7, 11) is 1.83. The number of aromatic hydroxyl groups is 1. The molecule has 1 heterocycles. The van der Waals surface area contributed by atoms with Crippen LogP contribution in [-0.4, -0.2) is 17.1 Å². The molecule has 2 aromatic rings. The van der Waals surface area contributed by atoms with Crippen molar-refractivity contribution in [1.82, 2.24) is 10.3 Å². The molecule has 4 heteroatoms. The highest BCUT2D eigenvalue weighted by Crippen LogP contribution is 2.19. The Morgan fingerprint density at radius 3 is 2.78 bits per heavy atom. The van der Waals surface area contributed by atoms with Gasteiger partial charge in [0.15, 0.2) is 0 Å². The summed E-state index contributed by atoms with van der Waals surface area (Å²) in [5.41, 5.74) is 1.78. The van der Waals surface area contributed by atoms with Crippen LogP contribution in [-0.2, 0) is 6.42 Å². The van der Waals surface area contributed by atoms with E-state index in [1.807, 2.05) is 13.1 Å². The molecule has 0 aliphatic carbocycles. The first-order chi connectivity index (χ1) is 8.69. The van der Waals surface area contributed by atoms with Gasteiger partial charge in [0, 0.05) is 0 Å². The number of likely N-dealkylation sites (N-methyl/N-ethyl adjacent to an activating group) is 1. The molecule has 0 saturated carbocycles. The Labute approximate surface area is 105 Å². The van der Waals surface area contributed by atoms with Gasteiger partial charge in [-0.1, -0.05) is 12.1 Å². The SMILES string of the molecule is CNC(Cc1cccc(O)c1)c1ccc(F)cn1. The molecular formula is C14H15FN2O. The first-order valence-corrected chi connectivity index (χ1v) is 5.75. The highest BCUT2D eigenvalue weighted by molar-refractivity contribution is 5.28. The number of aromatic nitrogens is 1. The Morgan fingerprint density at radius 1 is 1.33 bits per heavy atom. The summed E-state index contributed by atoms with van der Waals surface area (Å²) in [6.07, 6.45) is 1.89. The molecule has 18 heavy (non-hydrogen) atoms. The lowest BCUT2D eigenvalue weighted by atomic mass is 10.0. The van der Waals surface area contributed by atoms with Crippen molar-refractivity contribution < 1.29 is 9.50 Å². The number of pyridine rings is 1. The van der Waals surface area contributed by atoms with Crippen molar-refractivity contribution in [1.29, 1.82) is 0 Å². The van der Waals surface area contributed by atoms with Gasteiger partial charge in [-0.3, -0.25) is 4.98 Å². The predicted octanol–water partition coefficient (Wildman–Crippen LogP) is 2.43. The van der Waals surface area contributed by atoms with E-state index in [0.29, 0.717) is 6.42 Å². The molecule has 0 amide bonds. The second-order valence-corrected chi connectivity index (χ2v) is 4.12. The minimum atomic E-state index is -0.342. The lowest BCUT2D eigenvalue weighted by Gasteiger charge is -2.15. The van der Waals surface area contributed by atoms with Gasteiger partial charge in [0.05, 0.1) is 17.9 Å². The fourth-order valence-electron chi connectivity index (χ4n) is 1.87. The molecule has 1 unspecified atom stereocenters. The third-order valence-corrected chi connectivity index (χ3v) is 2.81. The van der Waals surface area contributed by atoms with Gasteiger partial charge in [-0.15, -0.1) is 0 Å². The van der Waals surface area contributed by atoms with E-state index in [4.69, 9.17) is 0 Å². The van der Waals surface area contributed by atoms with Crippen LogP contribution in [0.4, 0.5) is 4.39 Å². The van der Waals surface area contributed by atoms with Crippen LogP contribution in [0.25, 0.3) is 0 Å². The summed E-state index contributed by atoms with van der Waals surface area (Å²) in [5.74, 6) is -0.0969. The van der Waals surface area contributed by atoms with Crippen LogP contribution in [0, 0.1) is 5.82 Å². The maximum atomic E-state index is 12.8. The van der Waals surface area contributed by atoms with Gasteiger partial charge in [-0.25, -0.2) is 4.39 Å². The molecular weight excluding hydrogens is 231 g/mol. The fraction of sp³-hybridized carbons (Fsp3) is 0.214. The lowest BCUT2D eigenvalue weighted by molar-refractivity contribution is 0.473. The number of nitrogens with one attached hydrogen (secondary N) is 1. The first kappa shape index (κ1) is 12.5. The van der Waals surface area contributed by atoms with Crippen LogP contribution >= 0.6 is 0 Å². The maximum Gasteiger partial charge on any atom is 0.141 e. The summed E-state index contributed by atoms with van der Waals surface area (Å²) in [4.78, 5) is 4.07. The van der Waals surface area contributed by atoms with Crippen LogP contribution in [0.2, 0.25) is 0 Å². The Bertz CT molecular complexity index is 513. The molecule has 0 spiro atoms. The van der Waals surface area contributed by atoms with Crippen LogP contribution in [0.5, 0.6) is 5.75 Å². The summed E-state index contributed by atoms with van der Waals surface area (Å²) < 4.78 is 12.8. The zero-order valence-electron chi connectivity index (χ0n) is 10.1. The van der Waals surface area contributed by atoms with Gasteiger partial charge in [-0.05, 0) is 43.3 Å². The summed E-state index contributed by atoms with van der Waals surface area (Å²) in [6, 6.07) is 10.1. The van der Waals surface area contributed by atoms with E-state index < -0.39 is 0 Å². The summed E-state index contributed by atoms with van der Waals surface area (Å²) in [6.45, 7) is 0. The molecule has 2 rings (SSSR count). The number of halogens is 1. The number of nitrogens with zero attached hydrogens (tertiary/aromatic N) is 1. The highest BCUT2D eigenvalue weighted by atomic mass is 19.1. The van der Waals surface area contributed by atoms with E-state index in [1.165, 1.54) is 12.3 Å². The Kier molecular flexibility index (Phi) is 3.89.